The number of hydrogen-bond donors (Lipinski definition) is 1. The first kappa shape index (κ1) is 16.2. The number of ether oxygens (including phenoxy) is 1. The molecule has 0 radical (unpaired) electrons. The van der Waals surface area contributed by atoms with E-state index in [1.807, 2.05) is 44.2 Å². The number of para-hydroxylation sites is 1. The second-order valence-corrected chi connectivity index (χ2v) is 5.46. The number of methoxy groups -OCH3 is 1. The quantitative estimate of drug-likeness (QED) is 0.831. The number of carbonyl (C=O) groups excluding carboxylic acids is 1. The Morgan fingerprint density at radius 3 is 2.77 bits per heavy atom. The van der Waals surface area contributed by atoms with Gasteiger partial charge in [-0.25, -0.2) is 0 Å². The van der Waals surface area contributed by atoms with E-state index in [0.717, 1.165) is 17.4 Å². The molecule has 0 bridgehead atoms. The summed E-state index contributed by atoms with van der Waals surface area (Å²) in [5, 5.41) is 1.01. The number of fused-ring (bicyclic) bond motifs is 1. The number of aromatic nitrogens is 1. The molecule has 5 nitrogen and oxygen atoms in total. The van der Waals surface area contributed by atoms with Crippen molar-refractivity contribution in [2.75, 3.05) is 20.2 Å². The smallest absolute Gasteiger partial charge is 0.309 e. The monoisotopic (exact) mass is 302 g/mol. The maximum Gasteiger partial charge on any atom is 0.309 e. The topological polar surface area (TPSA) is 62.4 Å². The zero-order valence-electron chi connectivity index (χ0n) is 13.3. The molecule has 118 valence electrons. The Morgan fingerprint density at radius 1 is 1.36 bits per heavy atom. The van der Waals surface area contributed by atoms with Gasteiger partial charge in [0, 0.05) is 24.2 Å². The third kappa shape index (κ3) is 3.74. The largest absolute Gasteiger partial charge is 0.469 e. The Bertz CT molecular complexity index is 708. The van der Waals surface area contributed by atoms with E-state index < -0.39 is 0 Å². The number of esters is 1. The summed E-state index contributed by atoms with van der Waals surface area (Å²) in [5.41, 5.74) is 1.46. The van der Waals surface area contributed by atoms with Crippen LogP contribution in [-0.2, 0) is 16.1 Å². The second kappa shape index (κ2) is 7.22. The first-order valence-corrected chi connectivity index (χ1v) is 7.46. The summed E-state index contributed by atoms with van der Waals surface area (Å²) < 4.78 is 4.76. The van der Waals surface area contributed by atoms with E-state index in [4.69, 9.17) is 4.74 Å². The fraction of sp³-hybridized carbons (Fsp3) is 0.412. The number of hydrogen-bond acceptors (Lipinski definition) is 4. The van der Waals surface area contributed by atoms with E-state index in [9.17, 15) is 9.59 Å². The van der Waals surface area contributed by atoms with Crippen LogP contribution in [0.5, 0.6) is 0 Å². The van der Waals surface area contributed by atoms with Crippen LogP contribution < -0.4 is 5.56 Å². The Hall–Kier alpha value is -2.14. The highest BCUT2D eigenvalue weighted by molar-refractivity contribution is 5.78. The van der Waals surface area contributed by atoms with Crippen LogP contribution in [0.25, 0.3) is 10.9 Å². The lowest BCUT2D eigenvalue weighted by molar-refractivity contribution is -0.145. The Kier molecular flexibility index (Phi) is 5.33. The number of benzene rings is 1. The number of nitrogens with one attached hydrogen (secondary N) is 1. The molecule has 1 atom stereocenters. The highest BCUT2D eigenvalue weighted by Crippen LogP contribution is 2.12. The zero-order valence-corrected chi connectivity index (χ0v) is 13.3. The van der Waals surface area contributed by atoms with Crippen molar-refractivity contribution in [1.82, 2.24) is 9.88 Å². The summed E-state index contributed by atoms with van der Waals surface area (Å²) in [6, 6.07) is 9.62. The van der Waals surface area contributed by atoms with Crippen molar-refractivity contribution in [1.29, 1.82) is 0 Å². The van der Waals surface area contributed by atoms with Crippen molar-refractivity contribution in [3.63, 3.8) is 0 Å². The Labute approximate surface area is 129 Å². The molecule has 1 aromatic heterocycles. The van der Waals surface area contributed by atoms with Gasteiger partial charge in [0.1, 0.15) is 0 Å². The minimum absolute atomic E-state index is 0.0807. The maximum absolute atomic E-state index is 12.2. The molecule has 0 saturated heterocycles. The number of rotatable bonds is 6. The van der Waals surface area contributed by atoms with Crippen molar-refractivity contribution >= 4 is 16.9 Å². The average Bonchev–Trinajstić information content (AvgIpc) is 2.53. The normalized spacial score (nSPS) is 12.5. The lowest BCUT2D eigenvalue weighted by Gasteiger charge is -2.23. The molecule has 1 aromatic carbocycles. The summed E-state index contributed by atoms with van der Waals surface area (Å²) in [6.07, 6.45) is 0. The lowest BCUT2D eigenvalue weighted by Crippen LogP contribution is -2.33. The molecular weight excluding hydrogens is 280 g/mol. The summed E-state index contributed by atoms with van der Waals surface area (Å²) in [5.74, 6) is -0.449. The molecule has 0 spiro atoms. The molecule has 0 amide bonds. The van der Waals surface area contributed by atoms with Gasteiger partial charge in [0.2, 0.25) is 0 Å². The van der Waals surface area contributed by atoms with Crippen molar-refractivity contribution < 1.29 is 9.53 Å². The van der Waals surface area contributed by atoms with Gasteiger partial charge in [0.15, 0.2) is 0 Å². The molecule has 2 aromatic rings. The second-order valence-electron chi connectivity index (χ2n) is 5.46. The molecule has 5 heteroatoms. The van der Waals surface area contributed by atoms with Crippen LogP contribution in [0, 0.1) is 5.92 Å². The highest BCUT2D eigenvalue weighted by Gasteiger charge is 2.17. The van der Waals surface area contributed by atoms with E-state index >= 15 is 0 Å². The third-order valence-electron chi connectivity index (χ3n) is 3.81. The number of aromatic amines is 1. The molecule has 0 aliphatic heterocycles. The summed E-state index contributed by atoms with van der Waals surface area (Å²) >= 11 is 0. The maximum atomic E-state index is 12.2. The van der Waals surface area contributed by atoms with Gasteiger partial charge in [-0.1, -0.05) is 32.0 Å². The third-order valence-corrected chi connectivity index (χ3v) is 3.81. The van der Waals surface area contributed by atoms with Crippen LogP contribution in [0.4, 0.5) is 0 Å². The minimum Gasteiger partial charge on any atom is -0.469 e. The molecule has 1 N–H and O–H groups in total. The van der Waals surface area contributed by atoms with Crippen molar-refractivity contribution in [3.05, 3.63) is 46.2 Å². The SMILES string of the molecule is CCN(Cc1cc2ccccc2[nH]c1=O)CC(C)C(=O)OC. The molecule has 0 saturated carbocycles. The average molecular weight is 302 g/mol. The zero-order chi connectivity index (χ0) is 16.1. The van der Waals surface area contributed by atoms with Crippen molar-refractivity contribution in [2.45, 2.75) is 20.4 Å². The van der Waals surface area contributed by atoms with Crippen LogP contribution in [-0.4, -0.2) is 36.1 Å². The molecule has 22 heavy (non-hydrogen) atoms. The van der Waals surface area contributed by atoms with E-state index in [0.29, 0.717) is 18.7 Å². The molecule has 0 aliphatic carbocycles. The van der Waals surface area contributed by atoms with Crippen LogP contribution in [0.1, 0.15) is 19.4 Å². The first-order chi connectivity index (χ1) is 10.5. The van der Waals surface area contributed by atoms with Crippen LogP contribution >= 0.6 is 0 Å². The van der Waals surface area contributed by atoms with E-state index in [1.54, 1.807) is 0 Å². The predicted octanol–water partition coefficient (Wildman–Crippen LogP) is 2.16. The van der Waals surface area contributed by atoms with Crippen LogP contribution in [0.15, 0.2) is 35.1 Å². The van der Waals surface area contributed by atoms with Crippen LogP contribution in [0.3, 0.4) is 0 Å². The molecule has 0 fully saturated rings. The van der Waals surface area contributed by atoms with E-state index in [2.05, 4.69) is 9.88 Å². The highest BCUT2D eigenvalue weighted by atomic mass is 16.5. The Balaban J connectivity index is 2.19. The fourth-order valence-corrected chi connectivity index (χ4v) is 2.52. The van der Waals surface area contributed by atoms with Gasteiger partial charge in [-0.05, 0) is 24.1 Å². The predicted molar refractivity (Wildman–Crippen MR) is 86.7 cm³/mol. The summed E-state index contributed by atoms with van der Waals surface area (Å²) in [7, 11) is 1.39. The van der Waals surface area contributed by atoms with Gasteiger partial charge in [0.25, 0.3) is 5.56 Å². The first-order valence-electron chi connectivity index (χ1n) is 7.46. The summed E-state index contributed by atoms with van der Waals surface area (Å²) in [4.78, 5) is 28.7. The molecular formula is C17H22N2O3. The van der Waals surface area contributed by atoms with Crippen molar-refractivity contribution in [3.8, 4) is 0 Å². The van der Waals surface area contributed by atoms with Crippen molar-refractivity contribution in [2.24, 2.45) is 5.92 Å². The van der Waals surface area contributed by atoms with Gasteiger partial charge in [0.05, 0.1) is 13.0 Å². The lowest BCUT2D eigenvalue weighted by atomic mass is 10.1. The fourth-order valence-electron chi connectivity index (χ4n) is 2.52. The number of pyridine rings is 1. The summed E-state index contributed by atoms with van der Waals surface area (Å²) in [6.45, 7) is 5.68. The molecule has 1 unspecified atom stereocenters. The van der Waals surface area contributed by atoms with E-state index in [-0.39, 0.29) is 17.4 Å². The van der Waals surface area contributed by atoms with Crippen LogP contribution in [0.2, 0.25) is 0 Å². The van der Waals surface area contributed by atoms with Gasteiger partial charge in [-0.3, -0.25) is 14.5 Å². The number of H-pyrrole nitrogens is 1. The number of nitrogens with zero attached hydrogens (tertiary/aromatic N) is 1. The van der Waals surface area contributed by atoms with Gasteiger partial charge < -0.3 is 9.72 Å². The molecule has 1 heterocycles. The standard InChI is InChI=1S/C17H22N2O3/c1-4-19(10-12(2)17(21)22-3)11-14-9-13-7-5-6-8-15(13)18-16(14)20/h5-9,12H,4,10-11H2,1-3H3,(H,18,20). The van der Waals surface area contributed by atoms with E-state index in [1.165, 1.54) is 7.11 Å². The molecule has 2 rings (SSSR count). The van der Waals surface area contributed by atoms with Gasteiger partial charge in [-0.2, -0.15) is 0 Å². The Morgan fingerprint density at radius 2 is 2.09 bits per heavy atom. The van der Waals surface area contributed by atoms with Gasteiger partial charge >= 0.3 is 5.97 Å². The minimum atomic E-state index is -0.231. The molecule has 0 aliphatic rings. The van der Waals surface area contributed by atoms with Gasteiger partial charge in [-0.15, -0.1) is 0 Å². The number of carbonyl (C=O) groups is 1.